The molecule has 10 heteroatoms. The van der Waals surface area contributed by atoms with Gasteiger partial charge in [-0.15, -0.1) is 0 Å². The number of aromatic nitrogens is 5. The molecule has 0 atom stereocenters. The van der Waals surface area contributed by atoms with Gasteiger partial charge in [-0.3, -0.25) is 9.99 Å². The number of hydrogen-bond acceptors (Lipinski definition) is 8. The number of nitrogens with two attached hydrogens (primary N) is 2. The van der Waals surface area contributed by atoms with Crippen LogP contribution in [0.2, 0.25) is 0 Å². The van der Waals surface area contributed by atoms with Crippen LogP contribution in [0.3, 0.4) is 0 Å². The lowest BCUT2D eigenvalue weighted by Gasteiger charge is -2.23. The Kier molecular flexibility index (Phi) is 6.50. The minimum absolute atomic E-state index is 0.0614. The molecule has 3 heterocycles. The Bertz CT molecular complexity index is 1470. The highest BCUT2D eigenvalue weighted by Gasteiger charge is 2.22. The lowest BCUT2D eigenvalue weighted by Crippen LogP contribution is -2.32. The van der Waals surface area contributed by atoms with Gasteiger partial charge in [-0.1, -0.05) is 35.5 Å². The highest BCUT2D eigenvalue weighted by Crippen LogP contribution is 2.30. The number of anilines is 1. The van der Waals surface area contributed by atoms with E-state index in [0.717, 1.165) is 11.1 Å². The van der Waals surface area contributed by atoms with Crippen LogP contribution in [0.15, 0.2) is 102 Å². The molecule has 4 N–H and O–H groups in total. The Balaban J connectivity index is 1.52. The summed E-state index contributed by atoms with van der Waals surface area (Å²) in [4.78, 5) is 12.7. The van der Waals surface area contributed by atoms with Gasteiger partial charge in [-0.2, -0.15) is 4.98 Å². The van der Waals surface area contributed by atoms with E-state index in [2.05, 4.69) is 32.3 Å². The summed E-state index contributed by atoms with van der Waals surface area (Å²) in [6.45, 7) is 0.650. The summed E-state index contributed by atoms with van der Waals surface area (Å²) < 4.78 is 22.1. The average Bonchev–Trinajstić information content (AvgIpc) is 3.54. The lowest BCUT2D eigenvalue weighted by atomic mass is 10.1. The number of benzene rings is 1. The van der Waals surface area contributed by atoms with Crippen molar-refractivity contribution < 1.29 is 8.91 Å². The van der Waals surface area contributed by atoms with Gasteiger partial charge in [0, 0.05) is 42.5 Å². The van der Waals surface area contributed by atoms with E-state index in [1.54, 1.807) is 55.2 Å². The van der Waals surface area contributed by atoms with Crippen LogP contribution in [0.4, 0.5) is 10.1 Å². The molecule has 0 aliphatic heterocycles. The molecule has 0 spiro atoms. The van der Waals surface area contributed by atoms with E-state index in [1.807, 2.05) is 22.9 Å². The van der Waals surface area contributed by atoms with Crippen LogP contribution in [0.25, 0.3) is 17.0 Å². The largest absolute Gasteiger partial charge is 0.392 e. The van der Waals surface area contributed by atoms with Gasteiger partial charge in [0.15, 0.2) is 0 Å². The van der Waals surface area contributed by atoms with Crippen molar-refractivity contribution in [2.24, 2.45) is 11.6 Å². The van der Waals surface area contributed by atoms with Crippen LogP contribution < -0.4 is 16.6 Å². The molecule has 9 nitrogen and oxygen atoms in total. The molecule has 1 aromatic carbocycles. The van der Waals surface area contributed by atoms with E-state index in [0.29, 0.717) is 30.1 Å². The summed E-state index contributed by atoms with van der Waals surface area (Å²) >= 11 is 0. The Morgan fingerprint density at radius 3 is 2.72 bits per heavy atom. The fourth-order valence-electron chi connectivity index (χ4n) is 3.82. The van der Waals surface area contributed by atoms with E-state index >= 15 is 0 Å². The summed E-state index contributed by atoms with van der Waals surface area (Å²) in [6.07, 6.45) is 17.4. The van der Waals surface area contributed by atoms with E-state index in [9.17, 15) is 4.39 Å². The molecule has 0 unspecified atom stereocenters. The number of imidazole rings is 1. The number of halogens is 1. The number of allylic oxidation sites excluding steroid dienone is 6. The van der Waals surface area contributed by atoms with Crippen molar-refractivity contribution in [3.8, 4) is 0 Å². The van der Waals surface area contributed by atoms with Crippen LogP contribution in [-0.2, 0) is 6.54 Å². The molecule has 1 aliphatic carbocycles. The van der Waals surface area contributed by atoms with Gasteiger partial charge in [0.2, 0.25) is 5.82 Å². The normalized spacial score (nSPS) is 14.1. The van der Waals surface area contributed by atoms with Crippen molar-refractivity contribution in [3.05, 3.63) is 120 Å². The average molecular weight is 483 g/mol. The smallest absolute Gasteiger partial charge is 0.276 e. The van der Waals surface area contributed by atoms with Crippen molar-refractivity contribution in [1.82, 2.24) is 24.7 Å². The van der Waals surface area contributed by atoms with Crippen LogP contribution in [-0.4, -0.2) is 24.7 Å². The molecule has 36 heavy (non-hydrogen) atoms. The quantitative estimate of drug-likeness (QED) is 0.300. The van der Waals surface area contributed by atoms with Gasteiger partial charge < -0.3 is 14.8 Å². The van der Waals surface area contributed by atoms with Crippen molar-refractivity contribution in [1.29, 1.82) is 0 Å². The number of nitrogens with zero attached hydrogens (tertiary/aromatic N) is 6. The van der Waals surface area contributed by atoms with Crippen LogP contribution >= 0.6 is 0 Å². The topological polar surface area (TPSA) is 125 Å². The summed E-state index contributed by atoms with van der Waals surface area (Å²) in [5, 5.41) is 5.32. The highest BCUT2D eigenvalue weighted by molar-refractivity contribution is 5.93. The third-order valence-corrected chi connectivity index (χ3v) is 5.55. The predicted molar refractivity (Wildman–Crippen MR) is 135 cm³/mol. The molecule has 5 rings (SSSR count). The fraction of sp³-hybridized carbons (Fsp3) is 0.0769. The van der Waals surface area contributed by atoms with E-state index in [-0.39, 0.29) is 17.3 Å². The van der Waals surface area contributed by atoms with Crippen LogP contribution in [0, 0.1) is 5.82 Å². The number of hydrogen-bond donors (Lipinski definition) is 2. The number of rotatable bonds is 7. The first-order chi connectivity index (χ1) is 17.6. The van der Waals surface area contributed by atoms with Gasteiger partial charge in [-0.05, 0) is 42.3 Å². The Morgan fingerprint density at radius 2 is 1.94 bits per heavy atom. The standard InChI is InChI=1S/C26H23FN8O/c27-21-7-3-4-8-22(21)35(29)24(19-9-11-30-12-10-19)23(28)26-32-25(33-36-26)20-6-2-1-5-18(15-20)16-34-14-13-31-17-34/h1,3-15,17H,2,16,28-29H2/b24-23-. The second-order valence-electron chi connectivity index (χ2n) is 7.99. The van der Waals surface area contributed by atoms with Gasteiger partial charge >= 0.3 is 0 Å². The van der Waals surface area contributed by atoms with Crippen molar-refractivity contribution in [2.75, 3.05) is 5.01 Å². The fourth-order valence-corrected chi connectivity index (χ4v) is 3.82. The molecule has 0 saturated carbocycles. The SMILES string of the molecule is N/C(=C(/c1ccncc1)N(N)c1ccccc1F)c1nc(C2=CCC=CC(Cn3ccnc3)=C2)no1. The summed E-state index contributed by atoms with van der Waals surface area (Å²) in [6, 6.07) is 9.57. The second kappa shape index (κ2) is 10.2. The maximum absolute atomic E-state index is 14.6. The Hall–Kier alpha value is -4.83. The molecule has 0 saturated heterocycles. The van der Waals surface area contributed by atoms with Gasteiger partial charge in [0.05, 0.1) is 17.7 Å². The van der Waals surface area contributed by atoms with Gasteiger partial charge in [-0.25, -0.2) is 15.2 Å². The van der Waals surface area contributed by atoms with Crippen molar-refractivity contribution >= 4 is 22.7 Å². The first kappa shape index (κ1) is 22.9. The molecule has 0 amide bonds. The lowest BCUT2D eigenvalue weighted by molar-refractivity contribution is 0.404. The van der Waals surface area contributed by atoms with Crippen LogP contribution in [0.1, 0.15) is 23.7 Å². The van der Waals surface area contributed by atoms with Gasteiger partial charge in [0.1, 0.15) is 11.5 Å². The summed E-state index contributed by atoms with van der Waals surface area (Å²) in [5.41, 5.74) is 9.49. The van der Waals surface area contributed by atoms with Crippen molar-refractivity contribution in [2.45, 2.75) is 13.0 Å². The minimum Gasteiger partial charge on any atom is -0.392 e. The minimum atomic E-state index is -0.503. The van der Waals surface area contributed by atoms with E-state index < -0.39 is 5.82 Å². The third-order valence-electron chi connectivity index (χ3n) is 5.55. The zero-order chi connectivity index (χ0) is 24.9. The number of para-hydroxylation sites is 1. The zero-order valence-electron chi connectivity index (χ0n) is 19.2. The summed E-state index contributed by atoms with van der Waals surface area (Å²) in [5.74, 6) is 6.31. The Labute approximate surface area is 206 Å². The monoisotopic (exact) mass is 482 g/mol. The molecule has 3 aromatic heterocycles. The maximum Gasteiger partial charge on any atom is 0.276 e. The van der Waals surface area contributed by atoms with Crippen molar-refractivity contribution in [3.63, 3.8) is 0 Å². The third kappa shape index (κ3) is 4.84. The molecular weight excluding hydrogens is 459 g/mol. The molecule has 0 radical (unpaired) electrons. The molecular formula is C26H23FN8O. The predicted octanol–water partition coefficient (Wildman–Crippen LogP) is 3.93. The molecule has 1 aliphatic rings. The maximum atomic E-state index is 14.6. The van der Waals surface area contributed by atoms with E-state index in [1.165, 1.54) is 11.1 Å². The first-order valence-corrected chi connectivity index (χ1v) is 11.2. The molecule has 0 fully saturated rings. The Morgan fingerprint density at radius 1 is 1.11 bits per heavy atom. The van der Waals surface area contributed by atoms with Gasteiger partial charge in [0.25, 0.3) is 5.89 Å². The molecule has 4 aromatic rings. The second-order valence-corrected chi connectivity index (χ2v) is 7.99. The number of pyridine rings is 1. The number of hydrazine groups is 1. The van der Waals surface area contributed by atoms with Crippen LogP contribution in [0.5, 0.6) is 0 Å². The first-order valence-electron chi connectivity index (χ1n) is 11.2. The summed E-state index contributed by atoms with van der Waals surface area (Å²) in [7, 11) is 0. The van der Waals surface area contributed by atoms with E-state index in [4.69, 9.17) is 16.1 Å². The molecule has 0 bridgehead atoms. The zero-order valence-corrected chi connectivity index (χ0v) is 19.2. The highest BCUT2D eigenvalue weighted by atomic mass is 19.1. The molecule has 180 valence electrons.